The number of hydrogen-bond donors (Lipinski definition) is 3. The van der Waals surface area contributed by atoms with Gasteiger partial charge < -0.3 is 14.9 Å². The Kier molecular flexibility index (Phi) is 5.18. The molecule has 0 aliphatic carbocycles. The summed E-state index contributed by atoms with van der Waals surface area (Å²) in [6.45, 7) is -0.254. The Morgan fingerprint density at radius 3 is 2.58 bits per heavy atom. The van der Waals surface area contributed by atoms with Crippen LogP contribution in [0.25, 0.3) is 0 Å². The molecular formula is C16H17IN2O5. The summed E-state index contributed by atoms with van der Waals surface area (Å²) in [4.78, 5) is 26.5. The van der Waals surface area contributed by atoms with E-state index in [4.69, 9.17) is 4.74 Å². The largest absolute Gasteiger partial charge is 0.394 e. The second kappa shape index (κ2) is 7.18. The molecule has 3 N–H and O–H groups in total. The van der Waals surface area contributed by atoms with Crippen LogP contribution in [0.1, 0.15) is 17.4 Å². The molecule has 8 heteroatoms. The molecule has 1 unspecified atom stereocenters. The van der Waals surface area contributed by atoms with Gasteiger partial charge in [0.1, 0.15) is 6.10 Å². The van der Waals surface area contributed by atoms with Crippen LogP contribution in [0, 0.1) is 0 Å². The van der Waals surface area contributed by atoms with Crippen molar-refractivity contribution in [1.29, 1.82) is 0 Å². The number of aliphatic hydroxyl groups excluding tert-OH is 2. The molecular weight excluding hydrogens is 427 g/mol. The summed E-state index contributed by atoms with van der Waals surface area (Å²) in [7, 11) is 0. The summed E-state index contributed by atoms with van der Waals surface area (Å²) < 4.78 is 6.41. The maximum Gasteiger partial charge on any atom is 0.330 e. The van der Waals surface area contributed by atoms with Gasteiger partial charge in [0.15, 0.2) is 6.23 Å². The van der Waals surface area contributed by atoms with Gasteiger partial charge in [-0.3, -0.25) is 14.3 Å². The Morgan fingerprint density at radius 1 is 1.25 bits per heavy atom. The van der Waals surface area contributed by atoms with Crippen molar-refractivity contribution in [3.63, 3.8) is 0 Å². The van der Waals surface area contributed by atoms with Crippen LogP contribution < -0.4 is 11.2 Å². The zero-order valence-electron chi connectivity index (χ0n) is 12.6. The van der Waals surface area contributed by atoms with Gasteiger partial charge in [-0.2, -0.15) is 0 Å². The molecule has 4 atom stereocenters. The van der Waals surface area contributed by atoms with Gasteiger partial charge in [-0.15, -0.1) is 0 Å². The highest BCUT2D eigenvalue weighted by molar-refractivity contribution is 14.1. The number of benzene rings is 1. The molecule has 7 nitrogen and oxygen atoms in total. The lowest BCUT2D eigenvalue weighted by atomic mass is 10.1. The predicted molar refractivity (Wildman–Crippen MR) is 95.4 cm³/mol. The fourth-order valence-corrected chi connectivity index (χ4v) is 3.50. The molecule has 1 aromatic heterocycles. The molecule has 2 heterocycles. The molecule has 0 saturated carbocycles. The van der Waals surface area contributed by atoms with Gasteiger partial charge in [0.2, 0.25) is 0 Å². The van der Waals surface area contributed by atoms with E-state index in [2.05, 4.69) is 4.98 Å². The quantitative estimate of drug-likeness (QED) is 0.461. The topological polar surface area (TPSA) is 105 Å². The van der Waals surface area contributed by atoms with E-state index >= 15 is 0 Å². The summed E-state index contributed by atoms with van der Waals surface area (Å²) in [5.74, 6) is 0. The number of aromatic amines is 1. The predicted octanol–water partition coefficient (Wildman–Crippen LogP) is 0.182. The Balaban J connectivity index is 1.96. The maximum absolute atomic E-state index is 12.1. The number of nitrogens with one attached hydrogen (secondary N) is 1. The second-order valence-electron chi connectivity index (χ2n) is 5.67. The van der Waals surface area contributed by atoms with Crippen molar-refractivity contribution >= 4 is 22.6 Å². The first kappa shape index (κ1) is 17.3. The van der Waals surface area contributed by atoms with Crippen molar-refractivity contribution in [2.75, 3.05) is 6.61 Å². The number of aliphatic hydroxyl groups is 2. The maximum atomic E-state index is 12.1. The molecule has 1 saturated heterocycles. The van der Waals surface area contributed by atoms with E-state index in [1.54, 1.807) is 0 Å². The molecule has 1 fully saturated rings. The third kappa shape index (κ3) is 3.32. The van der Waals surface area contributed by atoms with E-state index in [-0.39, 0.29) is 10.5 Å². The van der Waals surface area contributed by atoms with Gasteiger partial charge in [0.25, 0.3) is 5.56 Å². The van der Waals surface area contributed by atoms with Gasteiger partial charge in [0.05, 0.1) is 16.6 Å². The normalized spacial score (nSPS) is 26.6. The minimum absolute atomic E-state index is 0.254. The van der Waals surface area contributed by atoms with Gasteiger partial charge in [-0.25, -0.2) is 4.79 Å². The number of nitrogens with zero attached hydrogens (tertiary/aromatic N) is 1. The standard InChI is InChI=1S/C16H17IN2O5/c17-12-11(8-20)24-15(13(12)21)19-7-10(14(22)18-16(19)23)6-9-4-2-1-3-5-9/h1-5,7,11-13,15,20-21H,6,8H2,(H,18,22,23)/t11-,12?,13-,15-/m1/s1. The molecule has 3 rings (SSSR count). The Hall–Kier alpha value is -1.49. The molecule has 2 aromatic rings. The summed E-state index contributed by atoms with van der Waals surface area (Å²) in [5, 5.41) is 19.6. The SMILES string of the molecule is O=c1[nH]c(=O)n([C@@H]2O[C@H](CO)C(I)[C@H]2O)cc1Cc1ccccc1. The summed E-state index contributed by atoms with van der Waals surface area (Å²) in [6.07, 6.45) is -0.692. The smallest absolute Gasteiger partial charge is 0.330 e. The molecule has 0 amide bonds. The van der Waals surface area contributed by atoms with Gasteiger partial charge in [-0.1, -0.05) is 52.9 Å². The third-order valence-electron chi connectivity index (χ3n) is 4.02. The highest BCUT2D eigenvalue weighted by atomic mass is 127. The number of aromatic nitrogens is 2. The van der Waals surface area contributed by atoms with Crippen LogP contribution in [0.15, 0.2) is 46.1 Å². The van der Waals surface area contributed by atoms with E-state index in [0.717, 1.165) is 5.56 Å². The lowest BCUT2D eigenvalue weighted by Gasteiger charge is -2.18. The molecule has 1 aromatic carbocycles. The number of rotatable bonds is 4. The Labute approximate surface area is 151 Å². The zero-order valence-corrected chi connectivity index (χ0v) is 14.8. The van der Waals surface area contributed by atoms with E-state index < -0.39 is 29.7 Å². The van der Waals surface area contributed by atoms with Crippen LogP contribution in [0.3, 0.4) is 0 Å². The van der Waals surface area contributed by atoms with E-state index in [1.807, 2.05) is 52.9 Å². The number of H-pyrrole nitrogens is 1. The first-order valence-corrected chi connectivity index (χ1v) is 8.72. The van der Waals surface area contributed by atoms with Crippen LogP contribution in [0.4, 0.5) is 0 Å². The monoisotopic (exact) mass is 444 g/mol. The Morgan fingerprint density at radius 2 is 1.96 bits per heavy atom. The van der Waals surface area contributed by atoms with Crippen molar-refractivity contribution in [2.24, 2.45) is 0 Å². The lowest BCUT2D eigenvalue weighted by Crippen LogP contribution is -2.38. The average Bonchev–Trinajstić information content (AvgIpc) is 2.86. The molecule has 0 radical (unpaired) electrons. The first-order valence-electron chi connectivity index (χ1n) is 7.48. The van der Waals surface area contributed by atoms with Crippen LogP contribution in [-0.2, 0) is 11.2 Å². The van der Waals surface area contributed by atoms with Gasteiger partial charge in [0, 0.05) is 18.2 Å². The number of hydrogen-bond acceptors (Lipinski definition) is 5. The molecule has 1 aliphatic heterocycles. The van der Waals surface area contributed by atoms with Crippen LogP contribution in [-0.4, -0.2) is 42.5 Å². The molecule has 0 bridgehead atoms. The Bertz CT molecular complexity index is 819. The van der Waals surface area contributed by atoms with Crippen LogP contribution >= 0.6 is 22.6 Å². The van der Waals surface area contributed by atoms with E-state index in [0.29, 0.717) is 12.0 Å². The highest BCUT2D eigenvalue weighted by Gasteiger charge is 2.43. The van der Waals surface area contributed by atoms with Crippen molar-refractivity contribution in [1.82, 2.24) is 9.55 Å². The van der Waals surface area contributed by atoms with E-state index in [9.17, 15) is 19.8 Å². The molecule has 24 heavy (non-hydrogen) atoms. The average molecular weight is 444 g/mol. The fourth-order valence-electron chi connectivity index (χ4n) is 2.74. The molecule has 0 spiro atoms. The molecule has 1 aliphatic rings. The highest BCUT2D eigenvalue weighted by Crippen LogP contribution is 2.33. The van der Waals surface area contributed by atoms with Crippen molar-refractivity contribution in [2.45, 2.75) is 28.8 Å². The minimum atomic E-state index is -0.962. The first-order chi connectivity index (χ1) is 11.5. The minimum Gasteiger partial charge on any atom is -0.394 e. The zero-order chi connectivity index (χ0) is 17.3. The summed E-state index contributed by atoms with van der Waals surface area (Å²) in [6, 6.07) is 9.40. The van der Waals surface area contributed by atoms with Gasteiger partial charge >= 0.3 is 5.69 Å². The lowest BCUT2D eigenvalue weighted by molar-refractivity contribution is -0.0530. The summed E-state index contributed by atoms with van der Waals surface area (Å²) in [5.41, 5.74) is 0.218. The van der Waals surface area contributed by atoms with Crippen molar-refractivity contribution in [3.05, 3.63) is 68.5 Å². The van der Waals surface area contributed by atoms with Gasteiger partial charge in [-0.05, 0) is 5.56 Å². The number of alkyl halides is 1. The van der Waals surface area contributed by atoms with E-state index in [1.165, 1.54) is 10.8 Å². The molecule has 128 valence electrons. The third-order valence-corrected chi connectivity index (χ3v) is 5.56. The van der Waals surface area contributed by atoms with Crippen LogP contribution in [0.2, 0.25) is 0 Å². The second-order valence-corrected chi connectivity index (χ2v) is 7.10. The number of ether oxygens (including phenoxy) is 1. The summed E-state index contributed by atoms with van der Waals surface area (Å²) >= 11 is 1.99. The van der Waals surface area contributed by atoms with Crippen LogP contribution in [0.5, 0.6) is 0 Å². The van der Waals surface area contributed by atoms with Crippen molar-refractivity contribution in [3.8, 4) is 0 Å². The van der Waals surface area contributed by atoms with Crippen molar-refractivity contribution < 1.29 is 14.9 Å². The fraction of sp³-hybridized carbons (Fsp3) is 0.375. The number of halogens is 1.